The lowest BCUT2D eigenvalue weighted by Crippen LogP contribution is -2.21. The SMILES string of the molecule is O=C(O)NCCCCC1CCNC1. The Labute approximate surface area is 78.7 Å². The molecule has 1 aliphatic rings. The minimum atomic E-state index is -0.914. The van der Waals surface area contributed by atoms with Crippen molar-refractivity contribution in [1.82, 2.24) is 10.6 Å². The summed E-state index contributed by atoms with van der Waals surface area (Å²) in [7, 11) is 0. The Morgan fingerprint density at radius 1 is 1.54 bits per heavy atom. The summed E-state index contributed by atoms with van der Waals surface area (Å²) in [5, 5.41) is 14.0. The molecule has 1 rings (SSSR count). The average molecular weight is 186 g/mol. The van der Waals surface area contributed by atoms with E-state index in [0.717, 1.165) is 31.8 Å². The molecule has 76 valence electrons. The molecule has 0 radical (unpaired) electrons. The average Bonchev–Trinajstić information content (AvgIpc) is 2.55. The molecule has 4 nitrogen and oxygen atoms in total. The summed E-state index contributed by atoms with van der Waals surface area (Å²) < 4.78 is 0. The quantitative estimate of drug-likeness (QED) is 0.562. The Bertz CT molecular complexity index is 156. The number of carbonyl (C=O) groups is 1. The zero-order valence-electron chi connectivity index (χ0n) is 7.88. The van der Waals surface area contributed by atoms with Crippen molar-refractivity contribution < 1.29 is 9.90 Å². The molecule has 0 bridgehead atoms. The van der Waals surface area contributed by atoms with Gasteiger partial charge in [0.2, 0.25) is 0 Å². The zero-order valence-corrected chi connectivity index (χ0v) is 7.88. The van der Waals surface area contributed by atoms with Crippen LogP contribution in [0.3, 0.4) is 0 Å². The number of hydrogen-bond donors (Lipinski definition) is 3. The first-order valence-electron chi connectivity index (χ1n) is 4.96. The Morgan fingerprint density at radius 3 is 3.00 bits per heavy atom. The van der Waals surface area contributed by atoms with Crippen LogP contribution in [0.5, 0.6) is 0 Å². The molecule has 1 aliphatic heterocycles. The van der Waals surface area contributed by atoms with E-state index in [-0.39, 0.29) is 0 Å². The fraction of sp³-hybridized carbons (Fsp3) is 0.889. The summed E-state index contributed by atoms with van der Waals surface area (Å²) in [6, 6.07) is 0. The lowest BCUT2D eigenvalue weighted by molar-refractivity contribution is 0.194. The van der Waals surface area contributed by atoms with Gasteiger partial charge in [-0.2, -0.15) is 0 Å². The van der Waals surface area contributed by atoms with Crippen LogP contribution in [0.15, 0.2) is 0 Å². The standard InChI is InChI=1S/C9H18N2O2/c12-9(13)11-5-2-1-3-8-4-6-10-7-8/h8,10-11H,1-7H2,(H,12,13). The Hall–Kier alpha value is -0.770. The smallest absolute Gasteiger partial charge is 0.404 e. The molecule has 0 aromatic rings. The van der Waals surface area contributed by atoms with E-state index in [2.05, 4.69) is 10.6 Å². The molecule has 0 aliphatic carbocycles. The maximum Gasteiger partial charge on any atom is 0.404 e. The number of unbranched alkanes of at least 4 members (excludes halogenated alkanes) is 1. The molecule has 1 amide bonds. The molecule has 1 fully saturated rings. The maximum atomic E-state index is 10.1. The molecule has 0 spiro atoms. The first-order chi connectivity index (χ1) is 6.29. The van der Waals surface area contributed by atoms with Crippen molar-refractivity contribution in [2.24, 2.45) is 5.92 Å². The third kappa shape index (κ3) is 4.72. The van der Waals surface area contributed by atoms with E-state index in [1.165, 1.54) is 12.8 Å². The second kappa shape index (κ2) is 5.80. The van der Waals surface area contributed by atoms with Gasteiger partial charge < -0.3 is 15.7 Å². The van der Waals surface area contributed by atoms with E-state index >= 15 is 0 Å². The van der Waals surface area contributed by atoms with Crippen LogP contribution in [0.2, 0.25) is 0 Å². The maximum absolute atomic E-state index is 10.1. The van der Waals surface area contributed by atoms with E-state index in [9.17, 15) is 4.79 Å². The van der Waals surface area contributed by atoms with E-state index in [4.69, 9.17) is 5.11 Å². The number of carboxylic acid groups (broad SMARTS) is 1. The van der Waals surface area contributed by atoms with Crippen LogP contribution < -0.4 is 10.6 Å². The molecule has 3 N–H and O–H groups in total. The van der Waals surface area contributed by atoms with E-state index in [1.807, 2.05) is 0 Å². The van der Waals surface area contributed by atoms with Crippen LogP contribution in [0, 0.1) is 5.92 Å². The largest absolute Gasteiger partial charge is 0.465 e. The zero-order chi connectivity index (χ0) is 9.52. The molecular formula is C9H18N2O2. The van der Waals surface area contributed by atoms with E-state index in [0.29, 0.717) is 6.54 Å². The topological polar surface area (TPSA) is 61.4 Å². The highest BCUT2D eigenvalue weighted by molar-refractivity contribution is 5.64. The van der Waals surface area contributed by atoms with Crippen molar-refractivity contribution in [3.05, 3.63) is 0 Å². The molecule has 0 aromatic carbocycles. The van der Waals surface area contributed by atoms with Crippen molar-refractivity contribution >= 4 is 6.09 Å². The molecule has 1 unspecified atom stereocenters. The highest BCUT2D eigenvalue weighted by Gasteiger charge is 2.13. The molecule has 1 heterocycles. The van der Waals surface area contributed by atoms with Gasteiger partial charge in [-0.1, -0.05) is 6.42 Å². The summed E-state index contributed by atoms with van der Waals surface area (Å²) in [4.78, 5) is 10.1. The van der Waals surface area contributed by atoms with Crippen LogP contribution >= 0.6 is 0 Å². The van der Waals surface area contributed by atoms with Gasteiger partial charge in [0.1, 0.15) is 0 Å². The summed E-state index contributed by atoms with van der Waals surface area (Å²) in [6.45, 7) is 2.89. The molecule has 0 saturated carbocycles. The molecule has 1 atom stereocenters. The van der Waals surface area contributed by atoms with Crippen molar-refractivity contribution in [1.29, 1.82) is 0 Å². The number of rotatable bonds is 5. The lowest BCUT2D eigenvalue weighted by atomic mass is 10.0. The molecule has 4 heteroatoms. The van der Waals surface area contributed by atoms with Gasteiger partial charge in [0.25, 0.3) is 0 Å². The van der Waals surface area contributed by atoms with Crippen LogP contribution in [0.25, 0.3) is 0 Å². The lowest BCUT2D eigenvalue weighted by Gasteiger charge is -2.06. The fourth-order valence-electron chi connectivity index (χ4n) is 1.71. The highest BCUT2D eigenvalue weighted by atomic mass is 16.4. The van der Waals surface area contributed by atoms with Gasteiger partial charge in [-0.05, 0) is 38.3 Å². The molecule has 1 saturated heterocycles. The Balaban J connectivity index is 1.86. The monoisotopic (exact) mass is 186 g/mol. The third-order valence-corrected chi connectivity index (χ3v) is 2.48. The van der Waals surface area contributed by atoms with Crippen molar-refractivity contribution in [3.8, 4) is 0 Å². The molecular weight excluding hydrogens is 168 g/mol. The number of amides is 1. The number of hydrogen-bond acceptors (Lipinski definition) is 2. The number of nitrogens with one attached hydrogen (secondary N) is 2. The predicted molar refractivity (Wildman–Crippen MR) is 50.9 cm³/mol. The third-order valence-electron chi connectivity index (χ3n) is 2.48. The summed E-state index contributed by atoms with van der Waals surface area (Å²) >= 11 is 0. The van der Waals surface area contributed by atoms with Gasteiger partial charge in [-0.25, -0.2) is 4.79 Å². The summed E-state index contributed by atoms with van der Waals surface area (Å²) in [5.74, 6) is 0.824. The van der Waals surface area contributed by atoms with Crippen LogP contribution in [-0.4, -0.2) is 30.8 Å². The van der Waals surface area contributed by atoms with Crippen molar-refractivity contribution in [3.63, 3.8) is 0 Å². The van der Waals surface area contributed by atoms with Crippen LogP contribution in [0.1, 0.15) is 25.7 Å². The van der Waals surface area contributed by atoms with Gasteiger partial charge in [0.05, 0.1) is 0 Å². The van der Waals surface area contributed by atoms with E-state index in [1.54, 1.807) is 0 Å². The highest BCUT2D eigenvalue weighted by Crippen LogP contribution is 2.14. The van der Waals surface area contributed by atoms with Crippen LogP contribution in [-0.2, 0) is 0 Å². The van der Waals surface area contributed by atoms with Gasteiger partial charge >= 0.3 is 6.09 Å². The van der Waals surface area contributed by atoms with Gasteiger partial charge in [0.15, 0.2) is 0 Å². The predicted octanol–water partition coefficient (Wildman–Crippen LogP) is 1.03. The Morgan fingerprint density at radius 2 is 2.38 bits per heavy atom. The molecule has 0 aromatic heterocycles. The Kier molecular flexibility index (Phi) is 4.60. The first-order valence-corrected chi connectivity index (χ1v) is 4.96. The first kappa shape index (κ1) is 10.3. The second-order valence-corrected chi connectivity index (χ2v) is 3.59. The second-order valence-electron chi connectivity index (χ2n) is 3.59. The molecule has 13 heavy (non-hydrogen) atoms. The normalized spacial score (nSPS) is 21.7. The van der Waals surface area contributed by atoms with Gasteiger partial charge in [-0.15, -0.1) is 0 Å². The fourth-order valence-corrected chi connectivity index (χ4v) is 1.71. The minimum Gasteiger partial charge on any atom is -0.465 e. The van der Waals surface area contributed by atoms with Gasteiger partial charge in [0, 0.05) is 6.54 Å². The van der Waals surface area contributed by atoms with Crippen LogP contribution in [0.4, 0.5) is 4.79 Å². The minimum absolute atomic E-state index is 0.593. The van der Waals surface area contributed by atoms with Crippen molar-refractivity contribution in [2.45, 2.75) is 25.7 Å². The summed E-state index contributed by atoms with van der Waals surface area (Å²) in [6.07, 6.45) is 3.69. The summed E-state index contributed by atoms with van der Waals surface area (Å²) in [5.41, 5.74) is 0. The van der Waals surface area contributed by atoms with Gasteiger partial charge in [-0.3, -0.25) is 0 Å². The van der Waals surface area contributed by atoms with E-state index < -0.39 is 6.09 Å². The van der Waals surface area contributed by atoms with Crippen molar-refractivity contribution in [2.75, 3.05) is 19.6 Å².